The van der Waals surface area contributed by atoms with Gasteiger partial charge in [0, 0.05) is 26.7 Å². The van der Waals surface area contributed by atoms with Crippen molar-refractivity contribution >= 4 is 11.9 Å². The molecule has 1 aliphatic heterocycles. The maximum atomic E-state index is 12.0. The van der Waals surface area contributed by atoms with Crippen LogP contribution < -0.4 is 10.6 Å². The number of guanidine groups is 1. The van der Waals surface area contributed by atoms with Crippen molar-refractivity contribution in [3.8, 4) is 0 Å². The lowest BCUT2D eigenvalue weighted by molar-refractivity contribution is -0.127. The minimum Gasteiger partial charge on any atom is -0.354 e. The first-order valence-corrected chi connectivity index (χ1v) is 11.7. The maximum Gasteiger partial charge on any atom is 0.241 e. The molecule has 166 valence electrons. The maximum absolute atomic E-state index is 12.0. The average molecular weight is 414 g/mol. The first-order chi connectivity index (χ1) is 14.6. The van der Waals surface area contributed by atoms with Gasteiger partial charge in [0.05, 0.1) is 13.1 Å². The molecule has 0 atom stereocenters. The second kappa shape index (κ2) is 11.9. The van der Waals surface area contributed by atoms with Gasteiger partial charge in [-0.15, -0.1) is 0 Å². The molecule has 6 nitrogen and oxygen atoms in total. The number of likely N-dealkylation sites (tertiary alicyclic amines) is 1. The quantitative estimate of drug-likeness (QED) is 0.533. The Bertz CT molecular complexity index is 673. The SMILES string of the molecule is CN(C)C(=O)CNC(=NCc1ccc(CN2CCCCC2)cc1)NC1CCCCC1. The van der Waals surface area contributed by atoms with Crippen LogP contribution in [0, 0.1) is 0 Å². The highest BCUT2D eigenvalue weighted by atomic mass is 16.2. The summed E-state index contributed by atoms with van der Waals surface area (Å²) in [5.74, 6) is 0.796. The molecule has 1 aromatic carbocycles. The highest BCUT2D eigenvalue weighted by Crippen LogP contribution is 2.17. The lowest BCUT2D eigenvalue weighted by Crippen LogP contribution is -2.47. The van der Waals surface area contributed by atoms with Crippen LogP contribution in [0.5, 0.6) is 0 Å². The molecule has 1 saturated carbocycles. The molecule has 1 amide bonds. The van der Waals surface area contributed by atoms with Crippen molar-refractivity contribution in [1.29, 1.82) is 0 Å². The van der Waals surface area contributed by atoms with Gasteiger partial charge in [0.2, 0.25) is 5.91 Å². The fraction of sp³-hybridized carbons (Fsp3) is 0.667. The van der Waals surface area contributed by atoms with Crippen LogP contribution in [0.4, 0.5) is 0 Å². The lowest BCUT2D eigenvalue weighted by Gasteiger charge is -2.26. The van der Waals surface area contributed by atoms with Crippen molar-refractivity contribution in [3.63, 3.8) is 0 Å². The smallest absolute Gasteiger partial charge is 0.241 e. The molecule has 1 saturated heterocycles. The van der Waals surface area contributed by atoms with E-state index in [0.29, 0.717) is 12.6 Å². The van der Waals surface area contributed by atoms with Crippen LogP contribution in [0.25, 0.3) is 0 Å². The largest absolute Gasteiger partial charge is 0.354 e. The van der Waals surface area contributed by atoms with Crippen molar-refractivity contribution in [2.45, 2.75) is 70.5 Å². The Morgan fingerprint density at radius 3 is 2.30 bits per heavy atom. The number of carbonyl (C=O) groups is 1. The van der Waals surface area contributed by atoms with Gasteiger partial charge in [-0.25, -0.2) is 4.99 Å². The van der Waals surface area contributed by atoms with Crippen LogP contribution in [0.1, 0.15) is 62.5 Å². The number of hydrogen-bond donors (Lipinski definition) is 2. The standard InChI is InChI=1S/C24H39N5O/c1-28(2)23(30)18-26-24(27-22-9-5-3-6-10-22)25-17-20-11-13-21(14-12-20)19-29-15-7-4-8-16-29/h11-14,22H,3-10,15-19H2,1-2H3,(H2,25,26,27). The van der Waals surface area contributed by atoms with E-state index in [1.807, 2.05) is 0 Å². The molecule has 1 heterocycles. The highest BCUT2D eigenvalue weighted by molar-refractivity contribution is 5.86. The van der Waals surface area contributed by atoms with Gasteiger partial charge in [-0.05, 0) is 49.9 Å². The molecular formula is C24H39N5O. The zero-order valence-electron chi connectivity index (χ0n) is 18.8. The number of nitrogens with one attached hydrogen (secondary N) is 2. The minimum absolute atomic E-state index is 0.0511. The van der Waals surface area contributed by atoms with E-state index in [1.54, 1.807) is 19.0 Å². The third kappa shape index (κ3) is 7.63. The number of nitrogens with zero attached hydrogens (tertiary/aromatic N) is 3. The Balaban J connectivity index is 1.56. The number of amides is 1. The summed E-state index contributed by atoms with van der Waals surface area (Å²) in [5.41, 5.74) is 2.57. The first kappa shape index (κ1) is 22.6. The number of benzene rings is 1. The van der Waals surface area contributed by atoms with Crippen LogP contribution in [0.3, 0.4) is 0 Å². The van der Waals surface area contributed by atoms with Gasteiger partial charge in [-0.3, -0.25) is 9.69 Å². The minimum atomic E-state index is 0.0511. The molecule has 1 aliphatic carbocycles. The third-order valence-corrected chi connectivity index (χ3v) is 6.15. The van der Waals surface area contributed by atoms with Crippen LogP contribution in [0.2, 0.25) is 0 Å². The average Bonchev–Trinajstić information content (AvgIpc) is 2.77. The number of carbonyl (C=O) groups excluding carboxylic acids is 1. The number of hydrogen-bond acceptors (Lipinski definition) is 3. The summed E-state index contributed by atoms with van der Waals surface area (Å²) in [6.07, 6.45) is 10.2. The molecular weight excluding hydrogens is 374 g/mol. The van der Waals surface area contributed by atoms with Gasteiger partial charge in [0.25, 0.3) is 0 Å². The molecule has 3 rings (SSSR count). The first-order valence-electron chi connectivity index (χ1n) is 11.7. The van der Waals surface area contributed by atoms with Gasteiger partial charge < -0.3 is 15.5 Å². The fourth-order valence-electron chi connectivity index (χ4n) is 4.21. The normalized spacial score (nSPS) is 18.8. The molecule has 30 heavy (non-hydrogen) atoms. The summed E-state index contributed by atoms with van der Waals surface area (Å²) >= 11 is 0. The Hall–Kier alpha value is -2.08. The second-order valence-corrected chi connectivity index (χ2v) is 8.94. The van der Waals surface area contributed by atoms with E-state index in [9.17, 15) is 4.79 Å². The van der Waals surface area contributed by atoms with E-state index in [0.717, 1.165) is 12.5 Å². The van der Waals surface area contributed by atoms with E-state index < -0.39 is 0 Å². The van der Waals surface area contributed by atoms with Crippen LogP contribution >= 0.6 is 0 Å². The van der Waals surface area contributed by atoms with E-state index in [2.05, 4.69) is 39.8 Å². The zero-order chi connectivity index (χ0) is 21.2. The summed E-state index contributed by atoms with van der Waals surface area (Å²) in [4.78, 5) is 20.9. The Kier molecular flexibility index (Phi) is 9.00. The molecule has 0 bridgehead atoms. The van der Waals surface area contributed by atoms with Crippen molar-refractivity contribution in [3.05, 3.63) is 35.4 Å². The summed E-state index contributed by atoms with van der Waals surface area (Å²) in [6, 6.07) is 9.29. The van der Waals surface area contributed by atoms with Crippen molar-refractivity contribution < 1.29 is 4.79 Å². The van der Waals surface area contributed by atoms with Crippen LogP contribution in [-0.2, 0) is 17.9 Å². The van der Waals surface area contributed by atoms with Crippen molar-refractivity contribution in [1.82, 2.24) is 20.4 Å². The van der Waals surface area contributed by atoms with Gasteiger partial charge in [-0.1, -0.05) is 49.9 Å². The van der Waals surface area contributed by atoms with E-state index in [1.165, 1.54) is 75.6 Å². The Morgan fingerprint density at radius 1 is 1.00 bits per heavy atom. The molecule has 0 unspecified atom stereocenters. The predicted molar refractivity (Wildman–Crippen MR) is 123 cm³/mol. The summed E-state index contributed by atoms with van der Waals surface area (Å²) in [7, 11) is 3.56. The van der Waals surface area contributed by atoms with E-state index >= 15 is 0 Å². The van der Waals surface area contributed by atoms with Gasteiger partial charge >= 0.3 is 0 Å². The van der Waals surface area contributed by atoms with Crippen LogP contribution in [-0.4, -0.2) is 61.4 Å². The molecule has 6 heteroatoms. The summed E-state index contributed by atoms with van der Waals surface area (Å²) in [5, 5.41) is 6.77. The zero-order valence-corrected chi connectivity index (χ0v) is 18.8. The summed E-state index contributed by atoms with van der Waals surface area (Å²) < 4.78 is 0. The third-order valence-electron chi connectivity index (χ3n) is 6.15. The van der Waals surface area contributed by atoms with Gasteiger partial charge in [-0.2, -0.15) is 0 Å². The van der Waals surface area contributed by atoms with Crippen molar-refractivity contribution in [2.24, 2.45) is 4.99 Å². The molecule has 2 N–H and O–H groups in total. The molecule has 1 aromatic rings. The lowest BCUT2D eigenvalue weighted by atomic mass is 9.96. The van der Waals surface area contributed by atoms with E-state index in [-0.39, 0.29) is 12.5 Å². The second-order valence-electron chi connectivity index (χ2n) is 8.94. The predicted octanol–water partition coefficient (Wildman–Crippen LogP) is 3.13. The molecule has 0 radical (unpaired) electrons. The molecule has 2 aliphatic rings. The van der Waals surface area contributed by atoms with Crippen molar-refractivity contribution in [2.75, 3.05) is 33.7 Å². The topological polar surface area (TPSA) is 60.0 Å². The fourth-order valence-corrected chi connectivity index (χ4v) is 4.21. The van der Waals surface area contributed by atoms with Gasteiger partial charge in [0.15, 0.2) is 5.96 Å². The molecule has 2 fully saturated rings. The number of aliphatic imine (C=N–C) groups is 1. The monoisotopic (exact) mass is 413 g/mol. The highest BCUT2D eigenvalue weighted by Gasteiger charge is 2.15. The number of likely N-dealkylation sites (N-methyl/N-ethyl adjacent to an activating group) is 1. The number of piperidine rings is 1. The molecule has 0 aromatic heterocycles. The number of rotatable bonds is 7. The van der Waals surface area contributed by atoms with E-state index in [4.69, 9.17) is 4.99 Å². The Morgan fingerprint density at radius 2 is 1.63 bits per heavy atom. The summed E-state index contributed by atoms with van der Waals surface area (Å²) in [6.45, 7) is 4.37. The molecule has 0 spiro atoms. The van der Waals surface area contributed by atoms with Crippen LogP contribution in [0.15, 0.2) is 29.3 Å². The Labute approximate surface area is 182 Å². The van der Waals surface area contributed by atoms with Gasteiger partial charge in [0.1, 0.15) is 0 Å².